The molecule has 1 N–H and O–H groups in total. The molecular formula is C13H13N3O4S. The number of rotatable bonds is 5. The molecule has 1 aromatic carbocycles. The summed E-state index contributed by atoms with van der Waals surface area (Å²) in [5.74, 6) is 1.54. The monoisotopic (exact) mass is 307 g/mol. The maximum Gasteiger partial charge on any atom is 0.345 e. The Hall–Kier alpha value is -2.35. The quantitative estimate of drug-likeness (QED) is 0.674. The lowest BCUT2D eigenvalue weighted by atomic mass is 10.1. The third-order valence-electron chi connectivity index (χ3n) is 2.97. The molecule has 1 aliphatic heterocycles. The topological polar surface area (TPSA) is 86.5 Å². The number of hydrogen-bond acceptors (Lipinski definition) is 7. The fourth-order valence-electron chi connectivity index (χ4n) is 1.99. The first kappa shape index (κ1) is 13.6. The highest BCUT2D eigenvalue weighted by molar-refractivity contribution is 7.18. The maximum absolute atomic E-state index is 10.6. The molecule has 0 unspecified atom stereocenters. The van der Waals surface area contributed by atoms with Crippen molar-refractivity contribution >= 4 is 21.5 Å². The zero-order chi connectivity index (χ0) is 14.7. The molecule has 0 atom stereocenters. The second-order valence-electron chi connectivity index (χ2n) is 4.42. The van der Waals surface area contributed by atoms with Crippen molar-refractivity contribution in [2.45, 2.75) is 6.42 Å². The minimum Gasteiger partial charge on any atom is -0.486 e. The summed E-state index contributed by atoms with van der Waals surface area (Å²) < 4.78 is 11.0. The van der Waals surface area contributed by atoms with Gasteiger partial charge in [-0.25, -0.2) is 4.98 Å². The summed E-state index contributed by atoms with van der Waals surface area (Å²) in [5, 5.41) is 14.2. The summed E-state index contributed by atoms with van der Waals surface area (Å²) in [4.78, 5) is 14.1. The number of nitrogens with zero attached hydrogens (tertiary/aromatic N) is 2. The normalized spacial score (nSPS) is 13.0. The number of ether oxygens (including phenoxy) is 2. The standard InChI is InChI=1S/C13H13N3O4S/c17-16(18)12-8-15-13(21-12)14-4-3-9-1-2-10-11(7-9)20-6-5-19-10/h1-2,7-8H,3-6H2,(H,14,15). The maximum atomic E-state index is 10.6. The van der Waals surface area contributed by atoms with E-state index in [0.717, 1.165) is 34.8 Å². The van der Waals surface area contributed by atoms with E-state index in [-0.39, 0.29) is 5.00 Å². The highest BCUT2D eigenvalue weighted by Gasteiger charge is 2.12. The Morgan fingerprint density at radius 2 is 2.14 bits per heavy atom. The molecule has 21 heavy (non-hydrogen) atoms. The number of nitrogens with one attached hydrogen (secondary N) is 1. The Bertz CT molecular complexity index is 659. The van der Waals surface area contributed by atoms with E-state index in [1.807, 2.05) is 18.2 Å². The molecule has 7 nitrogen and oxygen atoms in total. The Labute approximate surface area is 124 Å². The SMILES string of the molecule is O=[N+]([O-])c1cnc(NCCc2ccc3c(c2)OCCO3)s1. The molecule has 110 valence electrons. The van der Waals surface area contributed by atoms with Gasteiger partial charge >= 0.3 is 5.00 Å². The molecule has 2 aromatic rings. The van der Waals surface area contributed by atoms with Gasteiger partial charge in [-0.2, -0.15) is 0 Å². The third kappa shape index (κ3) is 3.22. The van der Waals surface area contributed by atoms with Crippen LogP contribution in [0.25, 0.3) is 0 Å². The van der Waals surface area contributed by atoms with Gasteiger partial charge in [-0.05, 0) is 35.5 Å². The van der Waals surface area contributed by atoms with Crippen molar-refractivity contribution in [3.8, 4) is 11.5 Å². The van der Waals surface area contributed by atoms with Gasteiger partial charge in [0.15, 0.2) is 16.6 Å². The molecule has 0 spiro atoms. The lowest BCUT2D eigenvalue weighted by Gasteiger charge is -2.18. The minimum absolute atomic E-state index is 0.0387. The molecule has 1 aromatic heterocycles. The van der Waals surface area contributed by atoms with E-state index in [1.54, 1.807) is 0 Å². The van der Waals surface area contributed by atoms with E-state index in [4.69, 9.17) is 9.47 Å². The van der Waals surface area contributed by atoms with Crippen molar-refractivity contribution in [2.24, 2.45) is 0 Å². The Morgan fingerprint density at radius 3 is 2.90 bits per heavy atom. The molecule has 1 aliphatic rings. The first-order valence-corrected chi connectivity index (χ1v) is 7.26. The summed E-state index contributed by atoms with van der Waals surface area (Å²) in [5.41, 5.74) is 1.11. The average molecular weight is 307 g/mol. The van der Waals surface area contributed by atoms with E-state index >= 15 is 0 Å². The molecule has 3 rings (SSSR count). The summed E-state index contributed by atoms with van der Waals surface area (Å²) in [7, 11) is 0. The van der Waals surface area contributed by atoms with Crippen molar-refractivity contribution in [2.75, 3.05) is 25.1 Å². The van der Waals surface area contributed by atoms with E-state index in [1.165, 1.54) is 6.20 Å². The van der Waals surface area contributed by atoms with Crippen LogP contribution < -0.4 is 14.8 Å². The van der Waals surface area contributed by atoms with Gasteiger partial charge in [0.25, 0.3) is 0 Å². The lowest BCUT2D eigenvalue weighted by Crippen LogP contribution is -2.15. The first-order valence-electron chi connectivity index (χ1n) is 6.45. The summed E-state index contributed by atoms with van der Waals surface area (Å²) in [6.07, 6.45) is 2.03. The van der Waals surface area contributed by atoms with E-state index in [2.05, 4.69) is 10.3 Å². The molecule has 0 radical (unpaired) electrons. The van der Waals surface area contributed by atoms with Gasteiger partial charge in [0.2, 0.25) is 0 Å². The van der Waals surface area contributed by atoms with Gasteiger partial charge in [-0.1, -0.05) is 6.07 Å². The molecule has 8 heteroatoms. The van der Waals surface area contributed by atoms with Gasteiger partial charge in [-0.3, -0.25) is 10.1 Å². The summed E-state index contributed by atoms with van der Waals surface area (Å²) in [6, 6.07) is 5.85. The number of fused-ring (bicyclic) bond motifs is 1. The average Bonchev–Trinajstić information content (AvgIpc) is 2.96. The number of aromatic nitrogens is 1. The van der Waals surface area contributed by atoms with Gasteiger partial charge in [-0.15, -0.1) is 0 Å². The second-order valence-corrected chi connectivity index (χ2v) is 5.42. The fraction of sp³-hybridized carbons (Fsp3) is 0.308. The molecule has 2 heterocycles. The van der Waals surface area contributed by atoms with Gasteiger partial charge in [0, 0.05) is 6.54 Å². The second kappa shape index (κ2) is 5.96. The van der Waals surface area contributed by atoms with Gasteiger partial charge in [0.05, 0.1) is 4.92 Å². The van der Waals surface area contributed by atoms with Crippen LogP contribution in [0.4, 0.5) is 10.1 Å². The molecule has 0 aliphatic carbocycles. The van der Waals surface area contributed by atoms with E-state index in [0.29, 0.717) is 24.9 Å². The summed E-state index contributed by atoms with van der Waals surface area (Å²) in [6.45, 7) is 1.79. The Morgan fingerprint density at radius 1 is 1.33 bits per heavy atom. The summed E-state index contributed by atoms with van der Waals surface area (Å²) >= 11 is 1.03. The van der Waals surface area contributed by atoms with Crippen molar-refractivity contribution in [1.29, 1.82) is 0 Å². The molecule has 0 saturated heterocycles. The highest BCUT2D eigenvalue weighted by Crippen LogP contribution is 2.31. The largest absolute Gasteiger partial charge is 0.486 e. The van der Waals surface area contributed by atoms with Crippen molar-refractivity contribution < 1.29 is 14.4 Å². The number of anilines is 1. The van der Waals surface area contributed by atoms with Gasteiger partial charge < -0.3 is 14.8 Å². The lowest BCUT2D eigenvalue weighted by molar-refractivity contribution is -0.380. The van der Waals surface area contributed by atoms with E-state index < -0.39 is 4.92 Å². The molecule has 0 saturated carbocycles. The zero-order valence-electron chi connectivity index (χ0n) is 11.1. The van der Waals surface area contributed by atoms with E-state index in [9.17, 15) is 10.1 Å². The number of hydrogen-bond donors (Lipinski definition) is 1. The third-order valence-corrected chi connectivity index (χ3v) is 3.88. The van der Waals surface area contributed by atoms with Crippen molar-refractivity contribution in [3.63, 3.8) is 0 Å². The molecule has 0 bridgehead atoms. The zero-order valence-corrected chi connectivity index (χ0v) is 11.9. The van der Waals surface area contributed by atoms with Crippen LogP contribution in [0, 0.1) is 10.1 Å². The number of benzene rings is 1. The predicted octanol–water partition coefficient (Wildman–Crippen LogP) is 2.48. The van der Waals surface area contributed by atoms with Crippen molar-refractivity contribution in [3.05, 3.63) is 40.1 Å². The van der Waals surface area contributed by atoms with Crippen LogP contribution in [0.2, 0.25) is 0 Å². The molecular weight excluding hydrogens is 294 g/mol. The Balaban J connectivity index is 1.56. The fourth-order valence-corrected chi connectivity index (χ4v) is 2.65. The Kier molecular flexibility index (Phi) is 3.87. The van der Waals surface area contributed by atoms with Crippen LogP contribution >= 0.6 is 11.3 Å². The molecule has 0 amide bonds. The van der Waals surface area contributed by atoms with Crippen LogP contribution in [0.1, 0.15) is 5.56 Å². The van der Waals surface area contributed by atoms with Crippen LogP contribution in [0.15, 0.2) is 24.4 Å². The van der Waals surface area contributed by atoms with Gasteiger partial charge in [0.1, 0.15) is 19.4 Å². The number of thiazole rings is 1. The number of nitro groups is 1. The smallest absolute Gasteiger partial charge is 0.345 e. The first-order chi connectivity index (χ1) is 10.2. The van der Waals surface area contributed by atoms with Crippen LogP contribution in [-0.2, 0) is 6.42 Å². The van der Waals surface area contributed by atoms with Crippen LogP contribution in [0.3, 0.4) is 0 Å². The van der Waals surface area contributed by atoms with Crippen LogP contribution in [0.5, 0.6) is 11.5 Å². The predicted molar refractivity (Wildman–Crippen MR) is 78.4 cm³/mol. The van der Waals surface area contributed by atoms with Crippen molar-refractivity contribution in [1.82, 2.24) is 4.98 Å². The van der Waals surface area contributed by atoms with Crippen LogP contribution in [-0.4, -0.2) is 29.7 Å². The molecule has 0 fully saturated rings. The minimum atomic E-state index is -0.441. The highest BCUT2D eigenvalue weighted by atomic mass is 32.1.